The third-order valence-corrected chi connectivity index (χ3v) is 5.58. The van der Waals surface area contributed by atoms with E-state index in [-0.39, 0.29) is 24.5 Å². The molecule has 8 heteroatoms. The van der Waals surface area contributed by atoms with Gasteiger partial charge in [0.15, 0.2) is 5.82 Å². The predicted octanol–water partition coefficient (Wildman–Crippen LogP) is 1.39. The molecule has 128 valence electrons. The van der Waals surface area contributed by atoms with Crippen LogP contribution in [-0.4, -0.2) is 71.5 Å². The van der Waals surface area contributed by atoms with Gasteiger partial charge in [-0.3, -0.25) is 14.1 Å². The van der Waals surface area contributed by atoms with Gasteiger partial charge in [-0.25, -0.2) is 4.98 Å². The Hall–Kier alpha value is -1.28. The third kappa shape index (κ3) is 3.80. The van der Waals surface area contributed by atoms with E-state index in [1.807, 2.05) is 23.9 Å². The zero-order valence-corrected chi connectivity index (χ0v) is 14.6. The molecule has 0 aliphatic carbocycles. The number of amides is 1. The molecule has 1 aromatic rings. The summed E-state index contributed by atoms with van der Waals surface area (Å²) in [5.74, 6) is 0.902. The fourth-order valence-electron chi connectivity index (χ4n) is 3.34. The number of likely N-dealkylation sites (tertiary alicyclic amines) is 2. The van der Waals surface area contributed by atoms with Gasteiger partial charge in [0.1, 0.15) is 0 Å². The van der Waals surface area contributed by atoms with Crippen LogP contribution in [0, 0.1) is 5.92 Å². The van der Waals surface area contributed by atoms with Crippen molar-refractivity contribution in [1.82, 2.24) is 19.2 Å². The molecule has 0 aromatic carbocycles. The minimum Gasteiger partial charge on any atom is -0.353 e. The summed E-state index contributed by atoms with van der Waals surface area (Å²) in [5.41, 5.74) is 0. The molecule has 1 aromatic heterocycles. The number of hydrogen-bond donors (Lipinski definition) is 0. The van der Waals surface area contributed by atoms with E-state index in [1.165, 1.54) is 11.5 Å². The lowest BCUT2D eigenvalue weighted by Crippen LogP contribution is -2.45. The van der Waals surface area contributed by atoms with E-state index in [4.69, 9.17) is 0 Å². The second kappa shape index (κ2) is 7.09. The van der Waals surface area contributed by atoms with Crippen molar-refractivity contribution in [3.05, 3.63) is 5.82 Å². The Kier molecular flexibility index (Phi) is 5.11. The summed E-state index contributed by atoms with van der Waals surface area (Å²) in [5, 5.41) is 0.926. The maximum absolute atomic E-state index is 12.8. The smallest absolute Gasteiger partial charge is 0.223 e. The normalized spacial score (nSPS) is 23.7. The molecule has 2 aliphatic rings. The van der Waals surface area contributed by atoms with E-state index in [1.54, 1.807) is 0 Å². The fourth-order valence-corrected chi connectivity index (χ4v) is 3.94. The van der Waals surface area contributed by atoms with Gasteiger partial charge in [-0.05, 0) is 12.8 Å². The second-order valence-corrected chi connectivity index (χ2v) is 7.40. The molecule has 0 spiro atoms. The number of carbonyl (C=O) groups excluding carboxylic acids is 1. The molecule has 0 saturated carbocycles. The molecule has 1 amide bonds. The second-order valence-electron chi connectivity index (χ2n) is 6.67. The van der Waals surface area contributed by atoms with Crippen LogP contribution in [0.3, 0.4) is 0 Å². The summed E-state index contributed by atoms with van der Waals surface area (Å²) in [4.78, 5) is 22.7. The first-order valence-corrected chi connectivity index (χ1v) is 8.92. The highest BCUT2D eigenvalue weighted by atomic mass is 32.1. The largest absolute Gasteiger partial charge is 0.353 e. The van der Waals surface area contributed by atoms with Gasteiger partial charge in [0, 0.05) is 63.6 Å². The topological polar surface area (TPSA) is 52.6 Å². The van der Waals surface area contributed by atoms with Crippen molar-refractivity contribution in [2.24, 2.45) is 5.92 Å². The van der Waals surface area contributed by atoms with Crippen molar-refractivity contribution >= 4 is 22.6 Å². The van der Waals surface area contributed by atoms with Crippen molar-refractivity contribution in [3.63, 3.8) is 0 Å². The molecular weight excluding hydrogens is 317 g/mol. The number of nitrogens with zero attached hydrogens (tertiary/aromatic N) is 5. The first kappa shape index (κ1) is 16.6. The number of alkyl halides is 1. The lowest BCUT2D eigenvalue weighted by Gasteiger charge is -2.36. The minimum atomic E-state index is -0.384. The van der Waals surface area contributed by atoms with Gasteiger partial charge >= 0.3 is 0 Å². The van der Waals surface area contributed by atoms with Crippen LogP contribution in [0.25, 0.3) is 0 Å². The highest BCUT2D eigenvalue weighted by Gasteiger charge is 2.35. The maximum atomic E-state index is 12.8. The van der Waals surface area contributed by atoms with Crippen LogP contribution in [0.1, 0.15) is 25.1 Å². The lowest BCUT2D eigenvalue weighted by molar-refractivity contribution is -0.130. The van der Waals surface area contributed by atoms with Gasteiger partial charge in [-0.1, -0.05) is 0 Å². The highest BCUT2D eigenvalue weighted by molar-refractivity contribution is 7.09. The molecule has 0 N–H and O–H groups in total. The van der Waals surface area contributed by atoms with Crippen molar-refractivity contribution in [2.75, 3.05) is 45.3 Å². The van der Waals surface area contributed by atoms with Crippen molar-refractivity contribution in [2.45, 2.75) is 31.8 Å². The summed E-state index contributed by atoms with van der Waals surface area (Å²) in [7, 11) is 3.93. The Balaban J connectivity index is 1.49. The Morgan fingerprint density at radius 3 is 2.65 bits per heavy atom. The minimum absolute atomic E-state index is 0.0933. The van der Waals surface area contributed by atoms with E-state index < -0.39 is 0 Å². The van der Waals surface area contributed by atoms with Gasteiger partial charge in [0.2, 0.25) is 11.0 Å². The standard InChI is InChI=1S/C15H24FN5OS/c1-19(2)15-17-13(18-23-15)10-20-5-3-12(4-6-20)21-9-11(8-16)7-14(21)22/h11-12H,3-10H2,1-2H3. The van der Waals surface area contributed by atoms with E-state index in [9.17, 15) is 9.18 Å². The summed E-state index contributed by atoms with van der Waals surface area (Å²) >= 11 is 1.42. The van der Waals surface area contributed by atoms with Gasteiger partial charge in [0.25, 0.3) is 0 Å². The van der Waals surface area contributed by atoms with Crippen molar-refractivity contribution < 1.29 is 9.18 Å². The van der Waals surface area contributed by atoms with Gasteiger partial charge in [-0.2, -0.15) is 4.37 Å². The molecule has 3 heterocycles. The SMILES string of the molecule is CN(C)c1nc(CN2CCC(N3CC(CF)CC3=O)CC2)ns1. The number of carbonyl (C=O) groups is 1. The first-order valence-electron chi connectivity index (χ1n) is 8.14. The average Bonchev–Trinajstić information content (AvgIpc) is 3.15. The molecule has 2 saturated heterocycles. The highest BCUT2D eigenvalue weighted by Crippen LogP contribution is 2.26. The molecule has 0 bridgehead atoms. The van der Waals surface area contributed by atoms with E-state index in [0.717, 1.165) is 43.4 Å². The van der Waals surface area contributed by atoms with Crippen molar-refractivity contribution in [1.29, 1.82) is 0 Å². The van der Waals surface area contributed by atoms with E-state index in [2.05, 4.69) is 14.3 Å². The number of rotatable bonds is 5. The quantitative estimate of drug-likeness (QED) is 0.810. The number of piperidine rings is 1. The summed E-state index contributed by atoms with van der Waals surface area (Å²) < 4.78 is 17.2. The molecule has 2 fully saturated rings. The molecule has 0 radical (unpaired) electrons. The lowest BCUT2D eigenvalue weighted by atomic mass is 10.0. The van der Waals surface area contributed by atoms with Crippen LogP contribution in [0.15, 0.2) is 0 Å². The van der Waals surface area contributed by atoms with Gasteiger partial charge in [-0.15, -0.1) is 0 Å². The molecule has 23 heavy (non-hydrogen) atoms. The molecule has 1 unspecified atom stereocenters. The maximum Gasteiger partial charge on any atom is 0.223 e. The molecule has 3 rings (SSSR count). The van der Waals surface area contributed by atoms with Crippen LogP contribution in [-0.2, 0) is 11.3 Å². The summed E-state index contributed by atoms with van der Waals surface area (Å²) in [6.45, 7) is 2.85. The Morgan fingerprint density at radius 1 is 1.35 bits per heavy atom. The molecule has 1 atom stereocenters. The summed E-state index contributed by atoms with van der Waals surface area (Å²) in [6, 6.07) is 0.274. The monoisotopic (exact) mass is 341 g/mol. The number of halogens is 1. The number of aromatic nitrogens is 2. The molecule has 2 aliphatic heterocycles. The van der Waals surface area contributed by atoms with Crippen molar-refractivity contribution in [3.8, 4) is 0 Å². The zero-order chi connectivity index (χ0) is 16.4. The Morgan fingerprint density at radius 2 is 2.09 bits per heavy atom. The number of anilines is 1. The van der Waals surface area contributed by atoms with Crippen LogP contribution < -0.4 is 4.90 Å². The average molecular weight is 341 g/mol. The first-order chi connectivity index (χ1) is 11.1. The zero-order valence-electron chi connectivity index (χ0n) is 13.7. The molecular formula is C15H24FN5OS. The summed E-state index contributed by atoms with van der Waals surface area (Å²) in [6.07, 6.45) is 2.29. The Labute approximate surface area is 140 Å². The Bertz CT molecular complexity index is 544. The fraction of sp³-hybridized carbons (Fsp3) is 0.800. The van der Waals surface area contributed by atoms with Crippen LogP contribution >= 0.6 is 11.5 Å². The van der Waals surface area contributed by atoms with Gasteiger partial charge < -0.3 is 9.80 Å². The van der Waals surface area contributed by atoms with Crippen LogP contribution in [0.2, 0.25) is 0 Å². The van der Waals surface area contributed by atoms with Crippen LogP contribution in [0.4, 0.5) is 9.52 Å². The number of hydrogen-bond acceptors (Lipinski definition) is 6. The third-order valence-electron chi connectivity index (χ3n) is 4.66. The van der Waals surface area contributed by atoms with Gasteiger partial charge in [0.05, 0.1) is 13.2 Å². The predicted molar refractivity (Wildman–Crippen MR) is 88.3 cm³/mol. The van der Waals surface area contributed by atoms with E-state index >= 15 is 0 Å². The van der Waals surface area contributed by atoms with Crippen LogP contribution in [0.5, 0.6) is 0 Å². The van der Waals surface area contributed by atoms with E-state index in [0.29, 0.717) is 13.0 Å². The molecule has 6 nitrogen and oxygen atoms in total.